The average molecular weight is 377 g/mol. The number of carbonyl (C=O) groups excluding carboxylic acids is 1. The summed E-state index contributed by atoms with van der Waals surface area (Å²) >= 11 is 0. The molecule has 5 heteroatoms. The normalized spacial score (nSPS) is 15.6. The highest BCUT2D eigenvalue weighted by Gasteiger charge is 2.24. The van der Waals surface area contributed by atoms with Gasteiger partial charge in [0.05, 0.1) is 7.11 Å². The molecule has 0 aromatic rings. The molecule has 0 spiro atoms. The lowest BCUT2D eigenvalue weighted by Crippen LogP contribution is -2.14. The van der Waals surface area contributed by atoms with Gasteiger partial charge in [0, 0.05) is 18.7 Å². The Kier molecular flexibility index (Phi) is 12.7. The van der Waals surface area contributed by atoms with E-state index in [2.05, 4.69) is 32.4 Å². The van der Waals surface area contributed by atoms with Gasteiger partial charge in [-0.05, 0) is 30.6 Å². The highest BCUT2D eigenvalue weighted by atomic mass is 31.2. The van der Waals surface area contributed by atoms with Crippen LogP contribution in [-0.4, -0.2) is 30.3 Å². The summed E-state index contributed by atoms with van der Waals surface area (Å²) in [5, 5.41) is 0. The lowest BCUT2D eigenvalue weighted by Gasteiger charge is -2.24. The van der Waals surface area contributed by atoms with Gasteiger partial charge in [-0.15, -0.1) is 0 Å². The Balaban J connectivity index is 3.60. The highest BCUT2D eigenvalue weighted by molar-refractivity contribution is 7.57. The first-order valence-corrected chi connectivity index (χ1v) is 12.0. The van der Waals surface area contributed by atoms with Gasteiger partial charge in [-0.3, -0.25) is 9.36 Å². The number of ether oxygens (including phenoxy) is 1. The van der Waals surface area contributed by atoms with Crippen molar-refractivity contribution < 1.29 is 19.0 Å². The Morgan fingerprint density at radius 3 is 1.96 bits per heavy atom. The largest absolute Gasteiger partial charge is 0.469 e. The van der Waals surface area contributed by atoms with E-state index in [0.717, 1.165) is 44.9 Å². The van der Waals surface area contributed by atoms with Crippen LogP contribution in [0.1, 0.15) is 91.9 Å². The molecule has 0 aliphatic carbocycles. The van der Waals surface area contributed by atoms with Crippen LogP contribution in [-0.2, 0) is 14.1 Å². The first-order chi connectivity index (χ1) is 11.6. The summed E-state index contributed by atoms with van der Waals surface area (Å²) in [6.07, 6.45) is 11.0. The summed E-state index contributed by atoms with van der Waals surface area (Å²) in [4.78, 5) is 21.1. The Morgan fingerprint density at radius 2 is 1.48 bits per heavy atom. The molecule has 0 aliphatic heterocycles. The van der Waals surface area contributed by atoms with E-state index < -0.39 is 7.37 Å². The monoisotopic (exact) mass is 376 g/mol. The maximum Gasteiger partial charge on any atom is 0.305 e. The molecule has 0 aromatic heterocycles. The van der Waals surface area contributed by atoms with Crippen molar-refractivity contribution in [3.05, 3.63) is 0 Å². The summed E-state index contributed by atoms with van der Waals surface area (Å²) in [5.41, 5.74) is 0.219. The molecule has 1 N–H and O–H groups in total. The molecule has 0 heterocycles. The minimum absolute atomic E-state index is 0.120. The fourth-order valence-electron chi connectivity index (χ4n) is 3.48. The van der Waals surface area contributed by atoms with Crippen LogP contribution >= 0.6 is 7.37 Å². The first kappa shape index (κ1) is 24.7. The smallest absolute Gasteiger partial charge is 0.305 e. The number of unbranched alkanes of at least 4 members (excludes halogenated alkanes) is 7. The number of methoxy groups -OCH3 is 1. The van der Waals surface area contributed by atoms with Crippen molar-refractivity contribution in [1.82, 2.24) is 0 Å². The Morgan fingerprint density at radius 1 is 1.00 bits per heavy atom. The molecule has 150 valence electrons. The average Bonchev–Trinajstić information content (AvgIpc) is 2.46. The van der Waals surface area contributed by atoms with E-state index in [1.807, 2.05) is 0 Å². The van der Waals surface area contributed by atoms with E-state index >= 15 is 0 Å². The summed E-state index contributed by atoms with van der Waals surface area (Å²) < 4.78 is 16.9. The van der Waals surface area contributed by atoms with Crippen LogP contribution in [0.2, 0.25) is 0 Å². The SMILES string of the molecule is COC(=O)CCCCCCCCCCP(=O)(O)CC(C)CC(C)(C)C. The topological polar surface area (TPSA) is 63.6 Å². The Bertz CT molecular complexity index is 401. The Labute approximate surface area is 155 Å². The fraction of sp³-hybridized carbons (Fsp3) is 0.950. The van der Waals surface area contributed by atoms with Gasteiger partial charge in [0.2, 0.25) is 7.37 Å². The van der Waals surface area contributed by atoms with E-state index in [4.69, 9.17) is 0 Å². The van der Waals surface area contributed by atoms with Crippen molar-refractivity contribution in [2.45, 2.75) is 91.9 Å². The lowest BCUT2D eigenvalue weighted by molar-refractivity contribution is -0.140. The van der Waals surface area contributed by atoms with Crippen LogP contribution in [0.5, 0.6) is 0 Å². The van der Waals surface area contributed by atoms with Gasteiger partial charge < -0.3 is 9.63 Å². The number of esters is 1. The maximum atomic E-state index is 12.3. The van der Waals surface area contributed by atoms with E-state index in [1.54, 1.807) is 0 Å². The summed E-state index contributed by atoms with van der Waals surface area (Å²) in [6, 6.07) is 0. The van der Waals surface area contributed by atoms with Crippen LogP contribution in [0, 0.1) is 11.3 Å². The second-order valence-corrected chi connectivity index (χ2v) is 11.3. The predicted molar refractivity (Wildman–Crippen MR) is 106 cm³/mol. The van der Waals surface area contributed by atoms with Crippen molar-refractivity contribution in [2.24, 2.45) is 11.3 Å². The van der Waals surface area contributed by atoms with Gasteiger partial charge >= 0.3 is 5.97 Å². The standard InChI is InChI=1S/C20H41O4P/c1-18(16-20(2,3)4)17-25(22,23)15-13-11-9-7-6-8-10-12-14-19(21)24-5/h18H,6-17H2,1-5H3,(H,22,23). The predicted octanol–water partition coefficient (Wildman–Crippen LogP) is 6.01. The molecule has 0 aromatic carbocycles. The number of rotatable bonds is 14. The maximum absolute atomic E-state index is 12.3. The van der Waals surface area contributed by atoms with Crippen molar-refractivity contribution in [3.8, 4) is 0 Å². The van der Waals surface area contributed by atoms with Crippen molar-refractivity contribution in [1.29, 1.82) is 0 Å². The molecule has 2 unspecified atom stereocenters. The van der Waals surface area contributed by atoms with Gasteiger partial charge in [0.15, 0.2) is 0 Å². The van der Waals surface area contributed by atoms with Gasteiger partial charge in [0.1, 0.15) is 0 Å². The number of hydrogen-bond acceptors (Lipinski definition) is 3. The zero-order valence-electron chi connectivity index (χ0n) is 17.2. The molecule has 0 saturated heterocycles. The molecule has 0 aliphatic rings. The van der Waals surface area contributed by atoms with Gasteiger partial charge in [-0.2, -0.15) is 0 Å². The third-order valence-electron chi connectivity index (χ3n) is 4.42. The van der Waals surface area contributed by atoms with E-state index in [9.17, 15) is 14.3 Å². The van der Waals surface area contributed by atoms with Crippen LogP contribution in [0.4, 0.5) is 0 Å². The summed E-state index contributed by atoms with van der Waals surface area (Å²) in [7, 11) is -1.53. The first-order valence-electron chi connectivity index (χ1n) is 9.93. The summed E-state index contributed by atoms with van der Waals surface area (Å²) in [5.74, 6) is 0.186. The molecule has 0 bridgehead atoms. The van der Waals surface area contributed by atoms with Gasteiger partial charge in [-0.25, -0.2) is 0 Å². The second kappa shape index (κ2) is 12.9. The zero-order chi connectivity index (χ0) is 19.3. The fourth-order valence-corrected chi connectivity index (χ4v) is 5.48. The minimum atomic E-state index is -2.96. The van der Waals surface area contributed by atoms with Gasteiger partial charge in [0.25, 0.3) is 0 Å². The summed E-state index contributed by atoms with van der Waals surface area (Å²) in [6.45, 7) is 8.64. The molecule has 0 saturated carbocycles. The third kappa shape index (κ3) is 16.9. The molecule has 4 nitrogen and oxygen atoms in total. The molecule has 2 atom stereocenters. The quantitative estimate of drug-likeness (QED) is 0.229. The number of carbonyl (C=O) groups is 1. The Hall–Kier alpha value is -0.340. The van der Waals surface area contributed by atoms with Crippen LogP contribution in [0.15, 0.2) is 0 Å². The lowest BCUT2D eigenvalue weighted by atomic mass is 9.86. The van der Waals surface area contributed by atoms with Crippen molar-refractivity contribution in [2.75, 3.05) is 19.4 Å². The number of hydrogen-bond donors (Lipinski definition) is 1. The second-order valence-electron chi connectivity index (χ2n) is 8.78. The molecule has 0 radical (unpaired) electrons. The minimum Gasteiger partial charge on any atom is -0.469 e. The van der Waals surface area contributed by atoms with E-state index in [1.165, 1.54) is 20.0 Å². The molecule has 0 amide bonds. The highest BCUT2D eigenvalue weighted by Crippen LogP contribution is 2.45. The third-order valence-corrected chi connectivity index (χ3v) is 6.63. The van der Waals surface area contributed by atoms with Crippen LogP contribution < -0.4 is 0 Å². The molecule has 0 fully saturated rings. The van der Waals surface area contributed by atoms with Crippen LogP contribution in [0.25, 0.3) is 0 Å². The molecule has 25 heavy (non-hydrogen) atoms. The molecular formula is C20H41O4P. The molecule has 0 rings (SSSR count). The zero-order valence-corrected chi connectivity index (χ0v) is 18.1. The van der Waals surface area contributed by atoms with E-state index in [0.29, 0.717) is 24.7 Å². The van der Waals surface area contributed by atoms with E-state index in [-0.39, 0.29) is 11.4 Å². The van der Waals surface area contributed by atoms with Crippen molar-refractivity contribution >= 4 is 13.3 Å². The van der Waals surface area contributed by atoms with Crippen molar-refractivity contribution in [3.63, 3.8) is 0 Å². The van der Waals surface area contributed by atoms with Crippen LogP contribution in [0.3, 0.4) is 0 Å². The molecular weight excluding hydrogens is 335 g/mol. The van der Waals surface area contributed by atoms with Gasteiger partial charge in [-0.1, -0.05) is 66.2 Å².